The number of benzene rings is 1. The van der Waals surface area contributed by atoms with E-state index in [1.807, 2.05) is 25.1 Å². The van der Waals surface area contributed by atoms with Crippen LogP contribution in [0.2, 0.25) is 5.02 Å². The van der Waals surface area contributed by atoms with Crippen LogP contribution < -0.4 is 5.73 Å². The molecule has 130 valence electrons. The molecular weight excluding hydrogens is 349 g/mol. The molecule has 0 saturated heterocycles. The molecule has 6 nitrogen and oxygen atoms in total. The summed E-state index contributed by atoms with van der Waals surface area (Å²) in [6.45, 7) is 2.29. The number of hydrogen-bond donors (Lipinski definition) is 1. The molecule has 0 bridgehead atoms. The van der Waals surface area contributed by atoms with Crippen LogP contribution in [0.1, 0.15) is 42.1 Å². The van der Waals surface area contributed by atoms with Crippen LogP contribution in [0, 0.1) is 0 Å². The first-order chi connectivity index (χ1) is 11.0. The molecule has 1 aromatic carbocycles. The van der Waals surface area contributed by atoms with Crippen molar-refractivity contribution in [3.63, 3.8) is 0 Å². The Hall–Kier alpha value is -1.63. The molecule has 1 aliphatic carbocycles. The van der Waals surface area contributed by atoms with Gasteiger partial charge >= 0.3 is 0 Å². The average Bonchev–Trinajstić information content (AvgIpc) is 3.32. The summed E-state index contributed by atoms with van der Waals surface area (Å²) in [6, 6.07) is 7.37. The van der Waals surface area contributed by atoms with Crippen LogP contribution in [0.5, 0.6) is 0 Å². The number of nitrogens with two attached hydrogens (primary N) is 1. The van der Waals surface area contributed by atoms with Crippen molar-refractivity contribution in [2.45, 2.75) is 31.7 Å². The summed E-state index contributed by atoms with van der Waals surface area (Å²) in [4.78, 5) is 18.6. The number of aromatic nitrogens is 3. The molecule has 24 heavy (non-hydrogen) atoms. The van der Waals surface area contributed by atoms with Gasteiger partial charge in [-0.3, -0.25) is 4.79 Å². The third kappa shape index (κ3) is 3.55. The molecule has 2 N–H and O–H groups in total. The SMILES string of the molecule is CC(CN)N(C)C(=O)c1nc(C2CC2)n(-c2ccccc2Cl)n1.Cl. The van der Waals surface area contributed by atoms with Crippen molar-refractivity contribution in [3.8, 4) is 5.69 Å². The number of hydrogen-bond acceptors (Lipinski definition) is 4. The highest BCUT2D eigenvalue weighted by Gasteiger charge is 2.32. The van der Waals surface area contributed by atoms with E-state index in [2.05, 4.69) is 10.1 Å². The normalized spacial score (nSPS) is 14.8. The van der Waals surface area contributed by atoms with Crippen molar-refractivity contribution in [2.24, 2.45) is 5.73 Å². The second-order valence-electron chi connectivity index (χ2n) is 5.93. The molecule has 0 aliphatic heterocycles. The highest BCUT2D eigenvalue weighted by atomic mass is 35.5. The van der Waals surface area contributed by atoms with Gasteiger partial charge in [-0.2, -0.15) is 0 Å². The number of carbonyl (C=O) groups is 1. The Morgan fingerprint density at radius 2 is 2.12 bits per heavy atom. The van der Waals surface area contributed by atoms with E-state index in [1.165, 1.54) is 0 Å². The van der Waals surface area contributed by atoms with Crippen molar-refractivity contribution in [2.75, 3.05) is 13.6 Å². The fourth-order valence-electron chi connectivity index (χ4n) is 2.34. The Kier molecular flexibility index (Phi) is 5.85. The number of halogens is 2. The van der Waals surface area contributed by atoms with Crippen LogP contribution in [-0.2, 0) is 0 Å². The maximum atomic E-state index is 12.6. The Morgan fingerprint density at radius 3 is 2.71 bits per heavy atom. The Bertz CT molecular complexity index is 729. The Morgan fingerprint density at radius 1 is 1.46 bits per heavy atom. The van der Waals surface area contributed by atoms with Crippen molar-refractivity contribution in [3.05, 3.63) is 40.9 Å². The third-order valence-corrected chi connectivity index (χ3v) is 4.49. The third-order valence-electron chi connectivity index (χ3n) is 4.17. The first kappa shape index (κ1) is 18.7. The molecule has 2 aromatic rings. The van der Waals surface area contributed by atoms with Gasteiger partial charge in [0.2, 0.25) is 5.82 Å². The zero-order valence-electron chi connectivity index (χ0n) is 13.6. The molecule has 1 fully saturated rings. The topological polar surface area (TPSA) is 77.0 Å². The van der Waals surface area contributed by atoms with E-state index in [0.717, 1.165) is 24.4 Å². The summed E-state index contributed by atoms with van der Waals surface area (Å²) in [5, 5.41) is 5.01. The van der Waals surface area contributed by atoms with Gasteiger partial charge in [0, 0.05) is 25.6 Å². The van der Waals surface area contributed by atoms with E-state index in [9.17, 15) is 4.79 Å². The maximum Gasteiger partial charge on any atom is 0.293 e. The maximum absolute atomic E-state index is 12.6. The first-order valence-corrected chi connectivity index (χ1v) is 8.09. The molecular formula is C16H21Cl2N5O. The lowest BCUT2D eigenvalue weighted by Crippen LogP contribution is -2.40. The lowest BCUT2D eigenvalue weighted by Gasteiger charge is -2.21. The van der Waals surface area contributed by atoms with Crippen molar-refractivity contribution in [1.29, 1.82) is 0 Å². The summed E-state index contributed by atoms with van der Waals surface area (Å²) in [6.07, 6.45) is 2.12. The van der Waals surface area contributed by atoms with Crippen LogP contribution in [0.15, 0.2) is 24.3 Å². The minimum Gasteiger partial charge on any atom is -0.335 e. The van der Waals surface area contributed by atoms with Gasteiger partial charge in [-0.15, -0.1) is 17.5 Å². The number of amides is 1. The van der Waals surface area contributed by atoms with Gasteiger partial charge in [0.15, 0.2) is 0 Å². The standard InChI is InChI=1S/C16H20ClN5O.ClH/c1-10(9-18)21(2)16(23)14-19-15(11-7-8-11)22(20-14)13-6-4-3-5-12(13)17;/h3-6,10-11H,7-9,18H2,1-2H3;1H. The first-order valence-electron chi connectivity index (χ1n) is 7.72. The van der Waals surface area contributed by atoms with E-state index >= 15 is 0 Å². The van der Waals surface area contributed by atoms with Crippen LogP contribution in [0.4, 0.5) is 0 Å². The average molecular weight is 370 g/mol. The predicted octanol–water partition coefficient (Wildman–Crippen LogP) is 2.64. The quantitative estimate of drug-likeness (QED) is 0.878. The van der Waals surface area contributed by atoms with E-state index < -0.39 is 0 Å². The number of para-hydroxylation sites is 1. The molecule has 1 saturated carbocycles. The van der Waals surface area contributed by atoms with Gasteiger partial charge in [-0.05, 0) is 31.9 Å². The van der Waals surface area contributed by atoms with E-state index in [4.69, 9.17) is 17.3 Å². The molecule has 1 atom stereocenters. The molecule has 1 unspecified atom stereocenters. The van der Waals surface area contributed by atoms with Crippen LogP contribution in [0.25, 0.3) is 5.69 Å². The van der Waals surface area contributed by atoms with Gasteiger partial charge < -0.3 is 10.6 Å². The minimum absolute atomic E-state index is 0. The Balaban J connectivity index is 0.00000208. The molecule has 1 aromatic heterocycles. The molecule has 0 radical (unpaired) electrons. The molecule has 0 spiro atoms. The van der Waals surface area contributed by atoms with Crippen LogP contribution in [-0.4, -0.2) is 45.2 Å². The van der Waals surface area contributed by atoms with E-state index in [-0.39, 0.29) is 30.2 Å². The minimum atomic E-state index is -0.226. The molecule has 3 rings (SSSR count). The highest BCUT2D eigenvalue weighted by molar-refractivity contribution is 6.32. The second kappa shape index (κ2) is 7.51. The fourth-order valence-corrected chi connectivity index (χ4v) is 2.55. The van der Waals surface area contributed by atoms with Gasteiger partial charge in [-0.1, -0.05) is 23.7 Å². The van der Waals surface area contributed by atoms with E-state index in [1.54, 1.807) is 22.7 Å². The highest BCUT2D eigenvalue weighted by Crippen LogP contribution is 2.40. The largest absolute Gasteiger partial charge is 0.335 e. The van der Waals surface area contributed by atoms with E-state index in [0.29, 0.717) is 17.5 Å². The smallest absolute Gasteiger partial charge is 0.293 e. The summed E-state index contributed by atoms with van der Waals surface area (Å²) >= 11 is 6.28. The summed E-state index contributed by atoms with van der Waals surface area (Å²) < 4.78 is 1.70. The monoisotopic (exact) mass is 369 g/mol. The van der Waals surface area contributed by atoms with Crippen molar-refractivity contribution >= 4 is 29.9 Å². The molecule has 8 heteroatoms. The number of carbonyl (C=O) groups excluding carboxylic acids is 1. The zero-order valence-corrected chi connectivity index (χ0v) is 15.2. The lowest BCUT2D eigenvalue weighted by atomic mass is 10.3. The second-order valence-corrected chi connectivity index (χ2v) is 6.34. The number of likely N-dealkylation sites (N-methyl/N-ethyl adjacent to an activating group) is 1. The van der Waals surface area contributed by atoms with Gasteiger partial charge in [-0.25, -0.2) is 9.67 Å². The summed E-state index contributed by atoms with van der Waals surface area (Å²) in [5.41, 5.74) is 6.38. The predicted molar refractivity (Wildman–Crippen MR) is 96.2 cm³/mol. The van der Waals surface area contributed by atoms with Gasteiger partial charge in [0.1, 0.15) is 5.82 Å². The van der Waals surface area contributed by atoms with Crippen molar-refractivity contribution < 1.29 is 4.79 Å². The van der Waals surface area contributed by atoms with Crippen LogP contribution in [0.3, 0.4) is 0 Å². The number of rotatable bonds is 5. The molecule has 1 heterocycles. The molecule has 1 aliphatic rings. The Labute approximate surface area is 152 Å². The number of nitrogens with zero attached hydrogens (tertiary/aromatic N) is 4. The zero-order chi connectivity index (χ0) is 16.6. The van der Waals surface area contributed by atoms with Crippen molar-refractivity contribution in [1.82, 2.24) is 19.7 Å². The van der Waals surface area contributed by atoms with Crippen LogP contribution >= 0.6 is 24.0 Å². The summed E-state index contributed by atoms with van der Waals surface area (Å²) in [5.74, 6) is 1.11. The fraction of sp³-hybridized carbons (Fsp3) is 0.438. The summed E-state index contributed by atoms with van der Waals surface area (Å²) in [7, 11) is 1.72. The molecule has 1 amide bonds. The van der Waals surface area contributed by atoms with Gasteiger partial charge in [0.25, 0.3) is 5.91 Å². The van der Waals surface area contributed by atoms with Gasteiger partial charge in [0.05, 0.1) is 10.7 Å². The lowest BCUT2D eigenvalue weighted by molar-refractivity contribution is 0.0736.